The van der Waals surface area contributed by atoms with Gasteiger partial charge in [0, 0.05) is 24.1 Å². The largest absolute Gasteiger partial charge is 0.464 e. The van der Waals surface area contributed by atoms with E-state index in [1.807, 2.05) is 24.5 Å². The maximum Gasteiger partial charge on any atom is 0.134 e. The standard InChI is InChI=1S/C16H23NO2/c1-2-5-13(8-9-18)10-17-11-14-12-19-16-7-4-3-6-15(14)16/h3-4,6-7,12-13,17-18H,2,5,8-11H2,1H3. The van der Waals surface area contributed by atoms with E-state index in [2.05, 4.69) is 18.3 Å². The number of fused-ring (bicyclic) bond motifs is 1. The Balaban J connectivity index is 1.88. The smallest absolute Gasteiger partial charge is 0.134 e. The summed E-state index contributed by atoms with van der Waals surface area (Å²) in [5.74, 6) is 0.563. The van der Waals surface area contributed by atoms with Crippen LogP contribution in [0.1, 0.15) is 31.7 Å². The molecule has 2 N–H and O–H groups in total. The highest BCUT2D eigenvalue weighted by Gasteiger charge is 2.08. The highest BCUT2D eigenvalue weighted by atomic mass is 16.3. The van der Waals surface area contributed by atoms with Crippen molar-refractivity contribution in [2.45, 2.75) is 32.7 Å². The lowest BCUT2D eigenvalue weighted by atomic mass is 10.0. The number of aliphatic hydroxyl groups is 1. The third-order valence-electron chi connectivity index (χ3n) is 3.54. The van der Waals surface area contributed by atoms with Crippen LogP contribution in [0.3, 0.4) is 0 Å². The molecule has 1 heterocycles. The van der Waals surface area contributed by atoms with Gasteiger partial charge in [-0.3, -0.25) is 0 Å². The van der Waals surface area contributed by atoms with E-state index >= 15 is 0 Å². The molecule has 3 heteroatoms. The van der Waals surface area contributed by atoms with Crippen molar-refractivity contribution < 1.29 is 9.52 Å². The zero-order valence-electron chi connectivity index (χ0n) is 11.6. The van der Waals surface area contributed by atoms with Gasteiger partial charge in [0.15, 0.2) is 0 Å². The fourth-order valence-corrected chi connectivity index (χ4v) is 2.52. The summed E-state index contributed by atoms with van der Waals surface area (Å²) in [6.45, 7) is 4.24. The van der Waals surface area contributed by atoms with Crippen molar-refractivity contribution in [2.75, 3.05) is 13.2 Å². The Hall–Kier alpha value is -1.32. The predicted octanol–water partition coefficient (Wildman–Crippen LogP) is 3.32. The Morgan fingerprint density at radius 1 is 1.26 bits per heavy atom. The SMILES string of the molecule is CCCC(CCO)CNCc1coc2ccccc12. The molecule has 1 aromatic heterocycles. The number of hydrogen-bond donors (Lipinski definition) is 2. The molecule has 104 valence electrons. The fourth-order valence-electron chi connectivity index (χ4n) is 2.52. The van der Waals surface area contributed by atoms with Gasteiger partial charge < -0.3 is 14.8 Å². The van der Waals surface area contributed by atoms with E-state index < -0.39 is 0 Å². The van der Waals surface area contributed by atoms with E-state index in [9.17, 15) is 0 Å². The monoisotopic (exact) mass is 261 g/mol. The number of para-hydroxylation sites is 1. The molecule has 0 spiro atoms. The molecule has 0 aliphatic rings. The minimum Gasteiger partial charge on any atom is -0.464 e. The van der Waals surface area contributed by atoms with Gasteiger partial charge in [0.1, 0.15) is 5.58 Å². The molecular weight excluding hydrogens is 238 g/mol. The average Bonchev–Trinajstić information content (AvgIpc) is 2.83. The molecule has 0 saturated heterocycles. The molecular formula is C16H23NO2. The summed E-state index contributed by atoms with van der Waals surface area (Å²) in [6, 6.07) is 8.10. The second-order valence-electron chi connectivity index (χ2n) is 5.05. The molecule has 0 aliphatic carbocycles. The second kappa shape index (κ2) is 7.31. The summed E-state index contributed by atoms with van der Waals surface area (Å²) in [7, 11) is 0. The number of benzene rings is 1. The van der Waals surface area contributed by atoms with Crippen LogP contribution in [0.25, 0.3) is 11.0 Å². The normalized spacial score (nSPS) is 12.9. The van der Waals surface area contributed by atoms with E-state index in [0.29, 0.717) is 5.92 Å². The summed E-state index contributed by atoms with van der Waals surface area (Å²) in [6.07, 6.45) is 5.05. The predicted molar refractivity (Wildman–Crippen MR) is 78.0 cm³/mol. The molecule has 0 fully saturated rings. The number of furan rings is 1. The molecule has 0 amide bonds. The number of aliphatic hydroxyl groups excluding tert-OH is 1. The molecule has 0 bridgehead atoms. The van der Waals surface area contributed by atoms with E-state index in [1.165, 1.54) is 23.8 Å². The zero-order valence-corrected chi connectivity index (χ0v) is 11.6. The van der Waals surface area contributed by atoms with Gasteiger partial charge in [-0.2, -0.15) is 0 Å². The maximum atomic E-state index is 9.05. The first-order valence-corrected chi connectivity index (χ1v) is 7.11. The van der Waals surface area contributed by atoms with Crippen LogP contribution in [-0.4, -0.2) is 18.3 Å². The quantitative estimate of drug-likeness (QED) is 0.766. The van der Waals surface area contributed by atoms with Crippen LogP contribution in [-0.2, 0) is 6.54 Å². The Bertz CT molecular complexity index is 486. The average molecular weight is 261 g/mol. The highest BCUT2D eigenvalue weighted by Crippen LogP contribution is 2.20. The first-order chi connectivity index (χ1) is 9.35. The van der Waals surface area contributed by atoms with Crippen LogP contribution >= 0.6 is 0 Å². The summed E-state index contributed by atoms with van der Waals surface area (Å²) in [5.41, 5.74) is 2.15. The van der Waals surface area contributed by atoms with Gasteiger partial charge in [0.2, 0.25) is 0 Å². The minimum atomic E-state index is 0.279. The van der Waals surface area contributed by atoms with Crippen LogP contribution in [0.15, 0.2) is 34.9 Å². The van der Waals surface area contributed by atoms with Crippen molar-refractivity contribution in [2.24, 2.45) is 5.92 Å². The summed E-state index contributed by atoms with van der Waals surface area (Å²) in [5, 5.41) is 13.7. The Labute approximate surface area is 114 Å². The molecule has 1 atom stereocenters. The molecule has 3 nitrogen and oxygen atoms in total. The van der Waals surface area contributed by atoms with Crippen molar-refractivity contribution in [1.82, 2.24) is 5.32 Å². The maximum absolute atomic E-state index is 9.05. The van der Waals surface area contributed by atoms with Crippen LogP contribution < -0.4 is 5.32 Å². The molecule has 0 radical (unpaired) electrons. The van der Waals surface area contributed by atoms with Crippen LogP contribution in [0.2, 0.25) is 0 Å². The fraction of sp³-hybridized carbons (Fsp3) is 0.500. The lowest BCUT2D eigenvalue weighted by molar-refractivity contribution is 0.248. The van der Waals surface area contributed by atoms with Gasteiger partial charge in [-0.25, -0.2) is 0 Å². The van der Waals surface area contributed by atoms with Gasteiger partial charge in [-0.05, 0) is 31.4 Å². The van der Waals surface area contributed by atoms with E-state index in [4.69, 9.17) is 9.52 Å². The first kappa shape index (κ1) is 14.1. The van der Waals surface area contributed by atoms with Crippen molar-refractivity contribution in [3.8, 4) is 0 Å². The summed E-state index contributed by atoms with van der Waals surface area (Å²) in [4.78, 5) is 0. The molecule has 19 heavy (non-hydrogen) atoms. The highest BCUT2D eigenvalue weighted by molar-refractivity contribution is 5.80. The Morgan fingerprint density at radius 3 is 2.89 bits per heavy atom. The third kappa shape index (κ3) is 3.82. The lowest BCUT2D eigenvalue weighted by Crippen LogP contribution is -2.23. The molecule has 0 saturated carbocycles. The van der Waals surface area contributed by atoms with E-state index in [0.717, 1.165) is 25.1 Å². The Morgan fingerprint density at radius 2 is 2.11 bits per heavy atom. The second-order valence-corrected chi connectivity index (χ2v) is 5.05. The topological polar surface area (TPSA) is 45.4 Å². The zero-order chi connectivity index (χ0) is 13.5. The van der Waals surface area contributed by atoms with Gasteiger partial charge in [-0.15, -0.1) is 0 Å². The number of nitrogens with one attached hydrogen (secondary N) is 1. The van der Waals surface area contributed by atoms with E-state index in [1.54, 1.807) is 0 Å². The molecule has 2 rings (SSSR count). The third-order valence-corrected chi connectivity index (χ3v) is 3.54. The molecule has 1 unspecified atom stereocenters. The van der Waals surface area contributed by atoms with Gasteiger partial charge >= 0.3 is 0 Å². The molecule has 0 aliphatic heterocycles. The number of rotatable bonds is 8. The lowest BCUT2D eigenvalue weighted by Gasteiger charge is -2.15. The first-order valence-electron chi connectivity index (χ1n) is 7.11. The van der Waals surface area contributed by atoms with Crippen molar-refractivity contribution in [3.05, 3.63) is 36.1 Å². The van der Waals surface area contributed by atoms with Crippen molar-refractivity contribution >= 4 is 11.0 Å². The van der Waals surface area contributed by atoms with E-state index in [-0.39, 0.29) is 6.61 Å². The Kier molecular flexibility index (Phi) is 5.43. The summed E-state index contributed by atoms with van der Waals surface area (Å²) >= 11 is 0. The van der Waals surface area contributed by atoms with Crippen LogP contribution in [0.4, 0.5) is 0 Å². The minimum absolute atomic E-state index is 0.279. The van der Waals surface area contributed by atoms with Crippen molar-refractivity contribution in [3.63, 3.8) is 0 Å². The summed E-state index contributed by atoms with van der Waals surface area (Å²) < 4.78 is 5.52. The molecule has 1 aromatic carbocycles. The van der Waals surface area contributed by atoms with Gasteiger partial charge in [-0.1, -0.05) is 31.5 Å². The van der Waals surface area contributed by atoms with Crippen LogP contribution in [0, 0.1) is 5.92 Å². The van der Waals surface area contributed by atoms with Gasteiger partial charge in [0.25, 0.3) is 0 Å². The number of hydrogen-bond acceptors (Lipinski definition) is 3. The van der Waals surface area contributed by atoms with Crippen LogP contribution in [0.5, 0.6) is 0 Å². The van der Waals surface area contributed by atoms with Crippen molar-refractivity contribution in [1.29, 1.82) is 0 Å². The van der Waals surface area contributed by atoms with Gasteiger partial charge in [0.05, 0.1) is 6.26 Å². The molecule has 2 aromatic rings.